The lowest BCUT2D eigenvalue weighted by Gasteiger charge is -2.34. The third kappa shape index (κ3) is 6.56. The Morgan fingerprint density at radius 1 is 0.895 bits per heavy atom. The van der Waals surface area contributed by atoms with Gasteiger partial charge >= 0.3 is 8.80 Å². The van der Waals surface area contributed by atoms with Crippen molar-refractivity contribution < 1.29 is 18.0 Å². The minimum atomic E-state index is -2.77. The van der Waals surface area contributed by atoms with Crippen LogP contribution in [0.25, 0.3) is 0 Å². The summed E-state index contributed by atoms with van der Waals surface area (Å²) in [4.78, 5) is 0. The Kier molecular flexibility index (Phi) is 11.2. The molecule has 0 saturated heterocycles. The van der Waals surface area contributed by atoms with Crippen molar-refractivity contribution in [3.05, 3.63) is 12.3 Å². The summed E-state index contributed by atoms with van der Waals surface area (Å²) < 4.78 is 23.5. The molecule has 0 aliphatic heterocycles. The standard InChI is InChI=1S/C14H30O4Si/c1-6-11-13-15-14(12-7-2)19(16-8-3,17-9-4)18-10-5/h11,13-14H,6-10,12H2,1-5H3. The van der Waals surface area contributed by atoms with Crippen molar-refractivity contribution in [2.75, 3.05) is 19.8 Å². The largest absolute Gasteiger partial charge is 0.543 e. The molecule has 0 amide bonds. The van der Waals surface area contributed by atoms with Gasteiger partial charge in [-0.3, -0.25) is 0 Å². The second-order valence-corrected chi connectivity index (χ2v) is 6.81. The van der Waals surface area contributed by atoms with Gasteiger partial charge in [0.2, 0.25) is 0 Å². The van der Waals surface area contributed by atoms with Gasteiger partial charge in [0, 0.05) is 19.8 Å². The molecular formula is C14H30O4Si. The van der Waals surface area contributed by atoms with Crippen LogP contribution in [0.2, 0.25) is 0 Å². The molecule has 1 atom stereocenters. The van der Waals surface area contributed by atoms with E-state index in [1.165, 1.54) is 0 Å². The Balaban J connectivity index is 4.99. The van der Waals surface area contributed by atoms with Gasteiger partial charge in [0.1, 0.15) is 0 Å². The molecule has 0 heterocycles. The molecule has 5 heteroatoms. The second-order valence-electron chi connectivity index (χ2n) is 4.10. The number of rotatable bonds is 12. The zero-order valence-electron chi connectivity index (χ0n) is 13.1. The molecule has 0 aromatic carbocycles. The summed E-state index contributed by atoms with van der Waals surface area (Å²) in [6.07, 6.45) is 6.57. The van der Waals surface area contributed by atoms with Crippen LogP contribution in [0.4, 0.5) is 0 Å². The maximum atomic E-state index is 5.89. The molecule has 0 N–H and O–H groups in total. The van der Waals surface area contributed by atoms with E-state index >= 15 is 0 Å². The highest BCUT2D eigenvalue weighted by atomic mass is 28.4. The molecule has 0 saturated carbocycles. The van der Waals surface area contributed by atoms with Crippen LogP contribution in [0.1, 0.15) is 53.9 Å². The van der Waals surface area contributed by atoms with E-state index in [1.807, 2.05) is 26.8 Å². The Morgan fingerprint density at radius 3 is 1.79 bits per heavy atom. The van der Waals surface area contributed by atoms with Crippen molar-refractivity contribution in [1.29, 1.82) is 0 Å². The number of ether oxygens (including phenoxy) is 1. The normalized spacial score (nSPS) is 13.9. The minimum absolute atomic E-state index is 0.125. The zero-order valence-corrected chi connectivity index (χ0v) is 14.1. The highest BCUT2D eigenvalue weighted by Crippen LogP contribution is 2.22. The third-order valence-corrected chi connectivity index (χ3v) is 5.84. The molecule has 0 bridgehead atoms. The van der Waals surface area contributed by atoms with Crippen LogP contribution < -0.4 is 0 Å². The van der Waals surface area contributed by atoms with Crippen molar-refractivity contribution in [1.82, 2.24) is 0 Å². The van der Waals surface area contributed by atoms with E-state index in [0.717, 1.165) is 19.3 Å². The number of allylic oxidation sites excluding steroid dienone is 1. The van der Waals surface area contributed by atoms with Crippen molar-refractivity contribution in [2.45, 2.75) is 59.6 Å². The van der Waals surface area contributed by atoms with Crippen LogP contribution in [0.3, 0.4) is 0 Å². The van der Waals surface area contributed by atoms with Gasteiger partial charge in [-0.2, -0.15) is 0 Å². The summed E-state index contributed by atoms with van der Waals surface area (Å²) in [5.41, 5.74) is -0.125. The molecular weight excluding hydrogens is 260 g/mol. The fourth-order valence-electron chi connectivity index (χ4n) is 1.84. The summed E-state index contributed by atoms with van der Waals surface area (Å²) in [6, 6.07) is 0. The molecule has 0 aromatic rings. The third-order valence-electron chi connectivity index (χ3n) is 2.56. The SMILES string of the molecule is CCC=COC(CCC)[Si](OCC)(OCC)OCC. The van der Waals surface area contributed by atoms with E-state index in [9.17, 15) is 0 Å². The van der Waals surface area contributed by atoms with Gasteiger partial charge in [-0.15, -0.1) is 0 Å². The van der Waals surface area contributed by atoms with Crippen LogP contribution in [0.15, 0.2) is 12.3 Å². The Hall–Kier alpha value is -0.363. The van der Waals surface area contributed by atoms with Gasteiger partial charge in [0.25, 0.3) is 0 Å². The van der Waals surface area contributed by atoms with Gasteiger partial charge in [-0.05, 0) is 33.6 Å². The predicted octanol–water partition coefficient (Wildman–Crippen LogP) is 3.68. The molecule has 1 unspecified atom stereocenters. The molecule has 0 spiro atoms. The van der Waals surface area contributed by atoms with Crippen LogP contribution in [-0.4, -0.2) is 34.4 Å². The van der Waals surface area contributed by atoms with E-state index in [-0.39, 0.29) is 5.73 Å². The van der Waals surface area contributed by atoms with E-state index < -0.39 is 8.80 Å². The topological polar surface area (TPSA) is 36.9 Å². The van der Waals surface area contributed by atoms with Crippen LogP contribution in [0.5, 0.6) is 0 Å². The molecule has 0 aliphatic carbocycles. The van der Waals surface area contributed by atoms with Gasteiger partial charge < -0.3 is 18.0 Å². The Morgan fingerprint density at radius 2 is 1.42 bits per heavy atom. The predicted molar refractivity (Wildman–Crippen MR) is 79.8 cm³/mol. The van der Waals surface area contributed by atoms with Crippen molar-refractivity contribution in [3.63, 3.8) is 0 Å². The monoisotopic (exact) mass is 290 g/mol. The fourth-order valence-corrected chi connectivity index (χ4v) is 4.75. The molecule has 0 radical (unpaired) electrons. The zero-order chi connectivity index (χ0) is 14.6. The Labute approximate surface area is 119 Å². The minimum Gasteiger partial charge on any atom is -0.494 e. The van der Waals surface area contributed by atoms with Crippen molar-refractivity contribution >= 4 is 8.80 Å². The summed E-state index contributed by atoms with van der Waals surface area (Å²) in [5, 5.41) is 0. The van der Waals surface area contributed by atoms with Gasteiger partial charge in [0.15, 0.2) is 5.73 Å². The van der Waals surface area contributed by atoms with Crippen LogP contribution in [0, 0.1) is 0 Å². The first kappa shape index (κ1) is 18.6. The van der Waals surface area contributed by atoms with E-state index in [4.69, 9.17) is 18.0 Å². The lowest BCUT2D eigenvalue weighted by atomic mass is 10.3. The van der Waals surface area contributed by atoms with Gasteiger partial charge in [-0.25, -0.2) is 0 Å². The maximum Gasteiger partial charge on any atom is 0.543 e. The highest BCUT2D eigenvalue weighted by molar-refractivity contribution is 6.62. The molecule has 0 aromatic heterocycles. The smallest absolute Gasteiger partial charge is 0.494 e. The van der Waals surface area contributed by atoms with Crippen LogP contribution >= 0.6 is 0 Å². The quantitative estimate of drug-likeness (QED) is 0.406. The van der Waals surface area contributed by atoms with E-state index in [2.05, 4.69) is 13.8 Å². The maximum absolute atomic E-state index is 5.89. The van der Waals surface area contributed by atoms with Crippen molar-refractivity contribution in [3.8, 4) is 0 Å². The lowest BCUT2D eigenvalue weighted by molar-refractivity contribution is 0.0145. The molecule has 0 fully saturated rings. The van der Waals surface area contributed by atoms with E-state index in [0.29, 0.717) is 19.8 Å². The lowest BCUT2D eigenvalue weighted by Crippen LogP contribution is -2.57. The molecule has 19 heavy (non-hydrogen) atoms. The van der Waals surface area contributed by atoms with Crippen molar-refractivity contribution in [2.24, 2.45) is 0 Å². The summed E-state index contributed by atoms with van der Waals surface area (Å²) in [6.45, 7) is 11.8. The Bertz CT molecular complexity index is 216. The highest BCUT2D eigenvalue weighted by Gasteiger charge is 2.50. The first-order valence-electron chi connectivity index (χ1n) is 7.42. The first-order chi connectivity index (χ1) is 9.20. The van der Waals surface area contributed by atoms with Gasteiger partial charge in [-0.1, -0.05) is 26.3 Å². The summed E-state index contributed by atoms with van der Waals surface area (Å²) >= 11 is 0. The summed E-state index contributed by atoms with van der Waals surface area (Å²) in [5.74, 6) is 0. The fraction of sp³-hybridized carbons (Fsp3) is 0.857. The second kappa shape index (κ2) is 11.5. The number of hydrogen-bond donors (Lipinski definition) is 0. The number of hydrogen-bond acceptors (Lipinski definition) is 4. The molecule has 0 rings (SSSR count). The van der Waals surface area contributed by atoms with Gasteiger partial charge in [0.05, 0.1) is 6.26 Å². The summed E-state index contributed by atoms with van der Waals surface area (Å²) in [7, 11) is -2.77. The van der Waals surface area contributed by atoms with Crippen LogP contribution in [-0.2, 0) is 18.0 Å². The van der Waals surface area contributed by atoms with E-state index in [1.54, 1.807) is 6.26 Å². The molecule has 0 aliphatic rings. The average molecular weight is 290 g/mol. The first-order valence-corrected chi connectivity index (χ1v) is 9.23. The molecule has 114 valence electrons. The molecule has 4 nitrogen and oxygen atoms in total. The average Bonchev–Trinajstić information content (AvgIpc) is 2.39.